The van der Waals surface area contributed by atoms with Gasteiger partial charge in [-0.05, 0) is 38.5 Å². The van der Waals surface area contributed by atoms with Crippen molar-refractivity contribution in [2.45, 2.75) is 33.6 Å². The van der Waals surface area contributed by atoms with Crippen LogP contribution < -0.4 is 10.1 Å². The minimum absolute atomic E-state index is 0.613. The normalized spacial score (nSPS) is 10.5. The van der Waals surface area contributed by atoms with Crippen molar-refractivity contribution in [3.63, 3.8) is 0 Å². The van der Waals surface area contributed by atoms with Crippen LogP contribution in [0.25, 0.3) is 0 Å². The van der Waals surface area contributed by atoms with E-state index in [-0.39, 0.29) is 0 Å². The first-order chi connectivity index (χ1) is 10.1. The Labute approximate surface area is 134 Å². The number of nitrogens with zero attached hydrogens (tertiary/aromatic N) is 2. The molecule has 0 saturated heterocycles. The molecule has 0 bridgehead atoms. The molecule has 1 aromatic heterocycles. The van der Waals surface area contributed by atoms with Crippen molar-refractivity contribution in [1.82, 2.24) is 9.97 Å². The highest BCUT2D eigenvalue weighted by Gasteiger charge is 2.12. The van der Waals surface area contributed by atoms with Gasteiger partial charge in [0.15, 0.2) is 0 Å². The maximum atomic E-state index is 5.94. The summed E-state index contributed by atoms with van der Waals surface area (Å²) in [7, 11) is 0. The van der Waals surface area contributed by atoms with Gasteiger partial charge in [-0.3, -0.25) is 0 Å². The molecule has 0 aliphatic carbocycles. The van der Waals surface area contributed by atoms with Crippen molar-refractivity contribution >= 4 is 21.7 Å². The van der Waals surface area contributed by atoms with E-state index in [0.717, 1.165) is 46.8 Å². The Hall–Kier alpha value is -1.62. The molecular formula is C16H20BrN3O. The summed E-state index contributed by atoms with van der Waals surface area (Å²) in [6.07, 6.45) is 1.85. The molecule has 5 heteroatoms. The first-order valence-corrected chi connectivity index (χ1v) is 7.98. The lowest BCUT2D eigenvalue weighted by Gasteiger charge is -2.13. The summed E-state index contributed by atoms with van der Waals surface area (Å²) in [6.45, 7) is 6.96. The zero-order valence-electron chi connectivity index (χ0n) is 12.6. The number of benzene rings is 1. The Morgan fingerprint density at radius 1 is 1.24 bits per heavy atom. The van der Waals surface area contributed by atoms with E-state index >= 15 is 0 Å². The maximum absolute atomic E-state index is 5.94. The van der Waals surface area contributed by atoms with Crippen LogP contribution in [-0.2, 0) is 6.42 Å². The SMILES string of the molecule is CCCc1nc(NCC)c(C)c(Oc2cccc(Br)c2)n1. The predicted octanol–water partition coefficient (Wildman–Crippen LogP) is 4.72. The molecule has 0 atom stereocenters. The van der Waals surface area contributed by atoms with Gasteiger partial charge in [0, 0.05) is 17.4 Å². The Balaban J connectivity index is 2.36. The standard InChI is InChI=1S/C16H20BrN3O/c1-4-7-14-19-15(18-5-2)11(3)16(20-14)21-13-9-6-8-12(17)10-13/h6,8-10H,4-5,7H2,1-3H3,(H,18,19,20). The van der Waals surface area contributed by atoms with Crippen molar-refractivity contribution in [3.05, 3.63) is 40.1 Å². The summed E-state index contributed by atoms with van der Waals surface area (Å²) in [5.41, 5.74) is 0.927. The number of halogens is 1. The zero-order valence-corrected chi connectivity index (χ0v) is 14.2. The molecule has 0 spiro atoms. The zero-order chi connectivity index (χ0) is 15.2. The van der Waals surface area contributed by atoms with Gasteiger partial charge in [0.25, 0.3) is 0 Å². The quantitative estimate of drug-likeness (QED) is 0.819. The van der Waals surface area contributed by atoms with E-state index in [1.54, 1.807) is 0 Å². The molecule has 0 saturated carbocycles. The highest BCUT2D eigenvalue weighted by atomic mass is 79.9. The van der Waals surface area contributed by atoms with Gasteiger partial charge in [0.05, 0.1) is 5.56 Å². The molecule has 0 radical (unpaired) electrons. The number of hydrogen-bond acceptors (Lipinski definition) is 4. The van der Waals surface area contributed by atoms with Gasteiger partial charge in [-0.1, -0.05) is 28.9 Å². The molecule has 0 amide bonds. The smallest absolute Gasteiger partial charge is 0.227 e. The molecular weight excluding hydrogens is 330 g/mol. The Morgan fingerprint density at radius 2 is 2.05 bits per heavy atom. The monoisotopic (exact) mass is 349 g/mol. The molecule has 0 aliphatic heterocycles. The van der Waals surface area contributed by atoms with Gasteiger partial charge in [-0.2, -0.15) is 4.98 Å². The van der Waals surface area contributed by atoms with E-state index in [1.165, 1.54) is 0 Å². The molecule has 2 aromatic rings. The van der Waals surface area contributed by atoms with Gasteiger partial charge in [-0.25, -0.2) is 4.98 Å². The van der Waals surface area contributed by atoms with Crippen LogP contribution in [0.1, 0.15) is 31.7 Å². The summed E-state index contributed by atoms with van der Waals surface area (Å²) < 4.78 is 6.92. The maximum Gasteiger partial charge on any atom is 0.227 e. The largest absolute Gasteiger partial charge is 0.439 e. The second-order valence-electron chi connectivity index (χ2n) is 4.76. The minimum Gasteiger partial charge on any atom is -0.439 e. The van der Waals surface area contributed by atoms with Crippen LogP contribution in [0.5, 0.6) is 11.6 Å². The Morgan fingerprint density at radius 3 is 2.71 bits per heavy atom. The second kappa shape index (κ2) is 7.41. The number of anilines is 1. The summed E-state index contributed by atoms with van der Waals surface area (Å²) in [4.78, 5) is 9.10. The molecule has 2 rings (SSSR count). The molecule has 1 aromatic carbocycles. The van der Waals surface area contributed by atoms with Gasteiger partial charge in [0.2, 0.25) is 5.88 Å². The molecule has 0 aliphatic rings. The second-order valence-corrected chi connectivity index (χ2v) is 5.67. The van der Waals surface area contributed by atoms with Crippen LogP contribution in [0.3, 0.4) is 0 Å². The van der Waals surface area contributed by atoms with Gasteiger partial charge in [0.1, 0.15) is 17.4 Å². The van der Waals surface area contributed by atoms with Crippen molar-refractivity contribution in [2.24, 2.45) is 0 Å². The molecule has 0 fully saturated rings. The lowest BCUT2D eigenvalue weighted by molar-refractivity contribution is 0.454. The fourth-order valence-electron chi connectivity index (χ4n) is 1.96. The topological polar surface area (TPSA) is 47.0 Å². The van der Waals surface area contributed by atoms with Crippen molar-refractivity contribution < 1.29 is 4.74 Å². The van der Waals surface area contributed by atoms with Crippen LogP contribution in [0, 0.1) is 6.92 Å². The van der Waals surface area contributed by atoms with E-state index in [2.05, 4.69) is 45.1 Å². The van der Waals surface area contributed by atoms with Crippen LogP contribution in [0.4, 0.5) is 5.82 Å². The Kier molecular flexibility index (Phi) is 5.56. The summed E-state index contributed by atoms with van der Waals surface area (Å²) >= 11 is 3.45. The van der Waals surface area contributed by atoms with Crippen molar-refractivity contribution in [3.8, 4) is 11.6 Å². The predicted molar refractivity (Wildman–Crippen MR) is 89.1 cm³/mol. The van der Waals surface area contributed by atoms with E-state index in [1.807, 2.05) is 31.2 Å². The van der Waals surface area contributed by atoms with Gasteiger partial charge in [-0.15, -0.1) is 0 Å². The lowest BCUT2D eigenvalue weighted by atomic mass is 10.2. The molecule has 0 unspecified atom stereocenters. The number of aryl methyl sites for hydroxylation is 1. The fraction of sp³-hybridized carbons (Fsp3) is 0.375. The first-order valence-electron chi connectivity index (χ1n) is 7.18. The van der Waals surface area contributed by atoms with Crippen LogP contribution >= 0.6 is 15.9 Å². The molecule has 112 valence electrons. The highest BCUT2D eigenvalue weighted by molar-refractivity contribution is 9.10. The number of aromatic nitrogens is 2. The van der Waals surface area contributed by atoms with E-state index < -0.39 is 0 Å². The average molecular weight is 350 g/mol. The van der Waals surface area contributed by atoms with Crippen LogP contribution in [0.15, 0.2) is 28.7 Å². The molecule has 21 heavy (non-hydrogen) atoms. The molecule has 1 heterocycles. The van der Waals surface area contributed by atoms with Crippen molar-refractivity contribution in [2.75, 3.05) is 11.9 Å². The van der Waals surface area contributed by atoms with Gasteiger partial charge >= 0.3 is 0 Å². The average Bonchev–Trinajstić information content (AvgIpc) is 2.44. The fourth-order valence-corrected chi connectivity index (χ4v) is 2.33. The third kappa shape index (κ3) is 4.17. The number of hydrogen-bond donors (Lipinski definition) is 1. The van der Waals surface area contributed by atoms with Crippen molar-refractivity contribution in [1.29, 1.82) is 0 Å². The van der Waals surface area contributed by atoms with E-state index in [9.17, 15) is 0 Å². The van der Waals surface area contributed by atoms with E-state index in [4.69, 9.17) is 4.74 Å². The Bertz CT molecular complexity index is 616. The van der Waals surface area contributed by atoms with E-state index in [0.29, 0.717) is 5.88 Å². The third-order valence-electron chi connectivity index (χ3n) is 2.98. The van der Waals surface area contributed by atoms with Crippen LogP contribution in [0.2, 0.25) is 0 Å². The summed E-state index contributed by atoms with van der Waals surface area (Å²) in [5.74, 6) is 3.03. The number of ether oxygens (including phenoxy) is 1. The number of nitrogens with one attached hydrogen (secondary N) is 1. The highest BCUT2D eigenvalue weighted by Crippen LogP contribution is 2.28. The first kappa shape index (κ1) is 15.8. The van der Waals surface area contributed by atoms with Crippen LogP contribution in [-0.4, -0.2) is 16.5 Å². The summed E-state index contributed by atoms with van der Waals surface area (Å²) in [6, 6.07) is 7.74. The summed E-state index contributed by atoms with van der Waals surface area (Å²) in [5, 5.41) is 3.27. The minimum atomic E-state index is 0.613. The van der Waals surface area contributed by atoms with Gasteiger partial charge < -0.3 is 10.1 Å². The third-order valence-corrected chi connectivity index (χ3v) is 3.47. The lowest BCUT2D eigenvalue weighted by Crippen LogP contribution is -2.07. The molecule has 4 nitrogen and oxygen atoms in total. The molecule has 1 N–H and O–H groups in total. The number of rotatable bonds is 6.